The highest BCUT2D eigenvalue weighted by atomic mass is 15.1. The highest BCUT2D eigenvalue weighted by molar-refractivity contribution is 5.83. The summed E-state index contributed by atoms with van der Waals surface area (Å²) in [5.41, 5.74) is 12.6. The summed E-state index contributed by atoms with van der Waals surface area (Å²) in [5, 5.41) is 4.73. The van der Waals surface area contributed by atoms with Gasteiger partial charge in [0.2, 0.25) is 0 Å². The van der Waals surface area contributed by atoms with E-state index in [2.05, 4.69) is 27.9 Å². The lowest BCUT2D eigenvalue weighted by molar-refractivity contribution is 0.544. The lowest BCUT2D eigenvalue weighted by Crippen LogP contribution is -2.26. The summed E-state index contributed by atoms with van der Waals surface area (Å²) in [7, 11) is 0. The van der Waals surface area contributed by atoms with Gasteiger partial charge < -0.3 is 15.6 Å². The van der Waals surface area contributed by atoms with Gasteiger partial charge in [-0.15, -0.1) is 0 Å². The Morgan fingerprint density at radius 1 is 1.35 bits per heavy atom. The molecule has 0 saturated heterocycles. The summed E-state index contributed by atoms with van der Waals surface area (Å²) in [4.78, 5) is 8.77. The first-order chi connectivity index (χ1) is 11.2. The Balaban J connectivity index is 1.80. The molecule has 0 bridgehead atoms. The Kier molecular flexibility index (Phi) is 3.59. The van der Waals surface area contributed by atoms with E-state index in [1.54, 1.807) is 12.4 Å². The van der Waals surface area contributed by atoms with Crippen molar-refractivity contribution in [2.24, 2.45) is 5.73 Å². The Morgan fingerprint density at radius 3 is 3.00 bits per heavy atom. The average molecular weight is 307 g/mol. The standard InChI is InChI=1S/C18H21N5/c1-12-8-14-15-10-21-7-4-17(15)23(18(14)22-9-12)11-16(19)13-2-5-20-6-3-13/h2-3,5-6,8-9,16,21H,4,7,10-11,19H2,1H3. The van der Waals surface area contributed by atoms with E-state index in [9.17, 15) is 0 Å². The first kappa shape index (κ1) is 14.4. The maximum absolute atomic E-state index is 6.45. The molecule has 0 amide bonds. The van der Waals surface area contributed by atoms with Crippen LogP contribution in [0.4, 0.5) is 0 Å². The van der Waals surface area contributed by atoms with E-state index in [-0.39, 0.29) is 6.04 Å². The van der Waals surface area contributed by atoms with Crippen molar-refractivity contribution in [2.45, 2.75) is 32.5 Å². The maximum Gasteiger partial charge on any atom is 0.140 e. The topological polar surface area (TPSA) is 68.8 Å². The van der Waals surface area contributed by atoms with Crippen molar-refractivity contribution in [3.63, 3.8) is 0 Å². The summed E-state index contributed by atoms with van der Waals surface area (Å²) in [5.74, 6) is 0. The average Bonchev–Trinajstić information content (AvgIpc) is 2.89. The number of nitrogens with one attached hydrogen (secondary N) is 1. The van der Waals surface area contributed by atoms with Crippen molar-refractivity contribution < 1.29 is 0 Å². The number of nitrogens with zero attached hydrogens (tertiary/aromatic N) is 3. The molecule has 1 atom stereocenters. The molecule has 3 aromatic rings. The van der Waals surface area contributed by atoms with E-state index in [0.717, 1.165) is 37.3 Å². The lowest BCUT2D eigenvalue weighted by Gasteiger charge is -2.19. The molecule has 0 aromatic carbocycles. The first-order valence-electron chi connectivity index (χ1n) is 8.07. The van der Waals surface area contributed by atoms with Gasteiger partial charge in [0.05, 0.1) is 0 Å². The van der Waals surface area contributed by atoms with Gasteiger partial charge in [0.1, 0.15) is 5.65 Å². The molecule has 1 aliphatic rings. The predicted molar refractivity (Wildman–Crippen MR) is 91.0 cm³/mol. The van der Waals surface area contributed by atoms with Gasteiger partial charge in [-0.2, -0.15) is 0 Å². The van der Waals surface area contributed by atoms with Gasteiger partial charge in [0, 0.05) is 61.8 Å². The normalized spacial score (nSPS) is 15.6. The number of rotatable bonds is 3. The molecule has 1 unspecified atom stereocenters. The van der Waals surface area contributed by atoms with Gasteiger partial charge in [-0.3, -0.25) is 4.98 Å². The predicted octanol–water partition coefficient (Wildman–Crippen LogP) is 2.09. The van der Waals surface area contributed by atoms with E-state index < -0.39 is 0 Å². The number of aryl methyl sites for hydroxylation is 1. The van der Waals surface area contributed by atoms with Crippen LogP contribution in [0.5, 0.6) is 0 Å². The van der Waals surface area contributed by atoms with Crippen molar-refractivity contribution in [3.8, 4) is 0 Å². The number of hydrogen-bond donors (Lipinski definition) is 2. The van der Waals surface area contributed by atoms with Gasteiger partial charge in [-0.05, 0) is 41.8 Å². The molecule has 0 saturated carbocycles. The van der Waals surface area contributed by atoms with Crippen LogP contribution in [0.1, 0.15) is 28.4 Å². The zero-order valence-corrected chi connectivity index (χ0v) is 13.3. The third-order valence-electron chi connectivity index (χ3n) is 4.61. The van der Waals surface area contributed by atoms with E-state index in [0.29, 0.717) is 0 Å². The van der Waals surface area contributed by atoms with E-state index in [1.165, 1.54) is 22.2 Å². The second kappa shape index (κ2) is 5.76. The number of aromatic nitrogens is 3. The molecule has 5 nitrogen and oxygen atoms in total. The zero-order chi connectivity index (χ0) is 15.8. The first-order valence-corrected chi connectivity index (χ1v) is 8.07. The zero-order valence-electron chi connectivity index (χ0n) is 13.3. The van der Waals surface area contributed by atoms with Gasteiger partial charge in [-0.1, -0.05) is 0 Å². The van der Waals surface area contributed by atoms with Crippen LogP contribution in [-0.4, -0.2) is 21.1 Å². The van der Waals surface area contributed by atoms with Crippen molar-refractivity contribution in [1.29, 1.82) is 0 Å². The van der Waals surface area contributed by atoms with Gasteiger partial charge in [0.15, 0.2) is 0 Å². The fourth-order valence-corrected chi connectivity index (χ4v) is 3.46. The van der Waals surface area contributed by atoms with Crippen LogP contribution in [0.3, 0.4) is 0 Å². The lowest BCUT2D eigenvalue weighted by atomic mass is 10.1. The number of pyridine rings is 2. The maximum atomic E-state index is 6.45. The molecular weight excluding hydrogens is 286 g/mol. The second-order valence-corrected chi connectivity index (χ2v) is 6.23. The quantitative estimate of drug-likeness (QED) is 0.777. The van der Waals surface area contributed by atoms with Crippen LogP contribution < -0.4 is 11.1 Å². The van der Waals surface area contributed by atoms with Crippen LogP contribution in [0.15, 0.2) is 36.8 Å². The SMILES string of the molecule is Cc1cnc2c(c1)c1c(n2CC(N)c2ccncc2)CCNC1. The molecule has 118 valence electrons. The minimum atomic E-state index is -0.0595. The molecule has 23 heavy (non-hydrogen) atoms. The molecule has 0 radical (unpaired) electrons. The Labute approximate surface area is 135 Å². The van der Waals surface area contributed by atoms with E-state index in [4.69, 9.17) is 10.7 Å². The molecule has 0 fully saturated rings. The molecule has 5 heteroatoms. The van der Waals surface area contributed by atoms with E-state index >= 15 is 0 Å². The summed E-state index contributed by atoms with van der Waals surface area (Å²) in [6.07, 6.45) is 6.55. The Hall–Kier alpha value is -2.24. The van der Waals surface area contributed by atoms with Crippen LogP contribution >= 0.6 is 0 Å². The molecule has 0 spiro atoms. The van der Waals surface area contributed by atoms with Crippen LogP contribution in [-0.2, 0) is 19.5 Å². The number of nitrogens with two attached hydrogens (primary N) is 1. The molecule has 1 aliphatic heterocycles. The second-order valence-electron chi connectivity index (χ2n) is 6.23. The summed E-state index contributed by atoms with van der Waals surface area (Å²) in [6, 6.07) is 6.16. The van der Waals surface area contributed by atoms with Gasteiger partial charge >= 0.3 is 0 Å². The molecule has 4 heterocycles. The minimum absolute atomic E-state index is 0.0595. The molecule has 4 rings (SSSR count). The minimum Gasteiger partial charge on any atom is -0.327 e. The largest absolute Gasteiger partial charge is 0.327 e. The molecule has 3 aromatic heterocycles. The van der Waals surface area contributed by atoms with Crippen LogP contribution in [0, 0.1) is 6.92 Å². The smallest absolute Gasteiger partial charge is 0.140 e. The van der Waals surface area contributed by atoms with Crippen LogP contribution in [0.2, 0.25) is 0 Å². The molecular formula is C18H21N5. The van der Waals surface area contributed by atoms with Crippen molar-refractivity contribution >= 4 is 11.0 Å². The third kappa shape index (κ3) is 2.52. The highest BCUT2D eigenvalue weighted by Crippen LogP contribution is 2.29. The van der Waals surface area contributed by atoms with Crippen molar-refractivity contribution in [3.05, 3.63) is 59.2 Å². The van der Waals surface area contributed by atoms with E-state index in [1.807, 2.05) is 18.3 Å². The Bertz CT molecular complexity index is 837. The number of fused-ring (bicyclic) bond motifs is 3. The monoisotopic (exact) mass is 307 g/mol. The van der Waals surface area contributed by atoms with Crippen LogP contribution in [0.25, 0.3) is 11.0 Å². The van der Waals surface area contributed by atoms with Crippen molar-refractivity contribution in [1.82, 2.24) is 19.9 Å². The Morgan fingerprint density at radius 2 is 2.17 bits per heavy atom. The molecule has 3 N–H and O–H groups in total. The summed E-state index contributed by atoms with van der Waals surface area (Å²) < 4.78 is 2.32. The molecule has 0 aliphatic carbocycles. The van der Waals surface area contributed by atoms with Crippen molar-refractivity contribution in [2.75, 3.05) is 6.54 Å². The van der Waals surface area contributed by atoms with Gasteiger partial charge in [-0.25, -0.2) is 4.98 Å². The number of hydrogen-bond acceptors (Lipinski definition) is 4. The third-order valence-corrected chi connectivity index (χ3v) is 4.61. The fraction of sp³-hybridized carbons (Fsp3) is 0.333. The summed E-state index contributed by atoms with van der Waals surface area (Å²) >= 11 is 0. The highest BCUT2D eigenvalue weighted by Gasteiger charge is 2.22. The van der Waals surface area contributed by atoms with Gasteiger partial charge in [0.25, 0.3) is 0 Å². The summed E-state index contributed by atoms with van der Waals surface area (Å²) in [6.45, 7) is 4.75. The fourth-order valence-electron chi connectivity index (χ4n) is 3.46.